The first-order chi connectivity index (χ1) is 6.58. The third kappa shape index (κ3) is 4.24. The zero-order valence-corrected chi connectivity index (χ0v) is 10.7. The Kier molecular flexibility index (Phi) is 4.62. The molecule has 1 amide bonds. The number of thiophene rings is 1. The summed E-state index contributed by atoms with van der Waals surface area (Å²) >= 11 is 5.04. The van der Waals surface area contributed by atoms with Crippen LogP contribution in [0.25, 0.3) is 0 Å². The van der Waals surface area contributed by atoms with Crippen LogP contribution in [0.2, 0.25) is 0 Å². The van der Waals surface area contributed by atoms with E-state index in [2.05, 4.69) is 21.2 Å². The Labute approximate surface area is 96.8 Å². The number of nitrogens with one attached hydrogen (secondary N) is 1. The highest BCUT2D eigenvalue weighted by Gasteiger charge is 2.04. The van der Waals surface area contributed by atoms with Crippen molar-refractivity contribution in [2.45, 2.75) is 26.8 Å². The summed E-state index contributed by atoms with van der Waals surface area (Å²) in [5.74, 6) is 0.551. The van der Waals surface area contributed by atoms with E-state index in [9.17, 15) is 4.79 Å². The van der Waals surface area contributed by atoms with Gasteiger partial charge in [-0.05, 0) is 34.0 Å². The Bertz CT molecular complexity index is 309. The molecule has 0 unspecified atom stereocenters. The normalized spacial score (nSPS) is 10.6. The molecule has 0 aliphatic carbocycles. The molecule has 0 aromatic carbocycles. The fraction of sp³-hybridized carbons (Fsp3) is 0.500. The number of halogens is 1. The van der Waals surface area contributed by atoms with E-state index in [0.717, 1.165) is 3.79 Å². The smallest absolute Gasteiger partial charge is 0.220 e. The van der Waals surface area contributed by atoms with Gasteiger partial charge in [-0.3, -0.25) is 4.79 Å². The number of carbonyl (C=O) groups excluding carboxylic acids is 1. The van der Waals surface area contributed by atoms with Crippen molar-refractivity contribution in [1.82, 2.24) is 5.32 Å². The summed E-state index contributed by atoms with van der Waals surface area (Å²) in [7, 11) is 0. The Balaban J connectivity index is 2.30. The lowest BCUT2D eigenvalue weighted by Crippen LogP contribution is -2.23. The van der Waals surface area contributed by atoms with Crippen molar-refractivity contribution >= 4 is 33.2 Å². The lowest BCUT2D eigenvalue weighted by atomic mass is 10.1. The molecule has 1 rings (SSSR count). The van der Waals surface area contributed by atoms with E-state index in [0.29, 0.717) is 18.9 Å². The molecule has 0 saturated heterocycles. The van der Waals surface area contributed by atoms with Gasteiger partial charge in [0.1, 0.15) is 0 Å². The van der Waals surface area contributed by atoms with E-state index < -0.39 is 0 Å². The second kappa shape index (κ2) is 5.51. The lowest BCUT2D eigenvalue weighted by Gasteiger charge is -2.05. The number of carbonyl (C=O) groups is 1. The van der Waals surface area contributed by atoms with Gasteiger partial charge in [0.15, 0.2) is 0 Å². The Morgan fingerprint density at radius 2 is 2.29 bits per heavy atom. The van der Waals surface area contributed by atoms with E-state index in [4.69, 9.17) is 0 Å². The van der Waals surface area contributed by atoms with Crippen LogP contribution in [0, 0.1) is 5.92 Å². The molecule has 1 aromatic heterocycles. The second-order valence-electron chi connectivity index (χ2n) is 3.58. The first kappa shape index (κ1) is 11.7. The maximum absolute atomic E-state index is 11.3. The van der Waals surface area contributed by atoms with Crippen LogP contribution in [-0.4, -0.2) is 5.91 Å². The van der Waals surface area contributed by atoms with Crippen LogP contribution in [0.5, 0.6) is 0 Å². The van der Waals surface area contributed by atoms with Crippen LogP contribution in [0.1, 0.15) is 25.1 Å². The second-order valence-corrected chi connectivity index (χ2v) is 6.13. The van der Waals surface area contributed by atoms with Crippen LogP contribution in [0.4, 0.5) is 0 Å². The molecule has 0 spiro atoms. The highest BCUT2D eigenvalue weighted by molar-refractivity contribution is 9.11. The van der Waals surface area contributed by atoms with E-state index >= 15 is 0 Å². The molecule has 2 nitrogen and oxygen atoms in total. The van der Waals surface area contributed by atoms with Gasteiger partial charge >= 0.3 is 0 Å². The van der Waals surface area contributed by atoms with Crippen molar-refractivity contribution in [3.63, 3.8) is 0 Å². The lowest BCUT2D eigenvalue weighted by molar-refractivity contribution is -0.121. The van der Waals surface area contributed by atoms with Crippen LogP contribution < -0.4 is 5.32 Å². The summed E-state index contributed by atoms with van der Waals surface area (Å²) in [6, 6.07) is 4.01. The first-order valence-corrected chi connectivity index (χ1v) is 6.20. The number of hydrogen-bond donors (Lipinski definition) is 1. The van der Waals surface area contributed by atoms with Gasteiger partial charge in [0.05, 0.1) is 10.3 Å². The van der Waals surface area contributed by atoms with Crippen molar-refractivity contribution in [2.75, 3.05) is 0 Å². The fourth-order valence-corrected chi connectivity index (χ4v) is 2.50. The molecule has 0 atom stereocenters. The minimum Gasteiger partial charge on any atom is -0.351 e. The summed E-state index contributed by atoms with van der Waals surface area (Å²) in [6.07, 6.45) is 0.604. The predicted molar refractivity (Wildman–Crippen MR) is 63.3 cm³/mol. The van der Waals surface area contributed by atoms with Crippen LogP contribution >= 0.6 is 27.3 Å². The van der Waals surface area contributed by atoms with E-state index in [-0.39, 0.29) is 5.91 Å². The Morgan fingerprint density at radius 3 is 2.79 bits per heavy atom. The third-order valence-electron chi connectivity index (χ3n) is 1.68. The predicted octanol–water partition coefficient (Wildman–Crippen LogP) is 3.17. The molecule has 1 N–H and O–H groups in total. The highest BCUT2D eigenvalue weighted by atomic mass is 79.9. The highest BCUT2D eigenvalue weighted by Crippen LogP contribution is 2.21. The van der Waals surface area contributed by atoms with E-state index in [1.165, 1.54) is 4.88 Å². The summed E-state index contributed by atoms with van der Waals surface area (Å²) in [6.45, 7) is 4.73. The number of rotatable bonds is 4. The minimum absolute atomic E-state index is 0.129. The molecular weight excluding hydrogens is 262 g/mol. The average Bonchev–Trinajstić information content (AvgIpc) is 2.47. The van der Waals surface area contributed by atoms with Gasteiger partial charge in [0, 0.05) is 11.3 Å². The number of amides is 1. The molecule has 0 aliphatic rings. The standard InChI is InChI=1S/C10H14BrNOS/c1-7(2)5-10(13)12-6-8-3-4-9(11)14-8/h3-4,7H,5-6H2,1-2H3,(H,12,13). The molecule has 0 saturated carbocycles. The van der Waals surface area contributed by atoms with E-state index in [1.807, 2.05) is 26.0 Å². The van der Waals surface area contributed by atoms with Gasteiger partial charge in [-0.1, -0.05) is 13.8 Å². The van der Waals surface area contributed by atoms with Gasteiger partial charge < -0.3 is 5.32 Å². The molecule has 78 valence electrons. The first-order valence-electron chi connectivity index (χ1n) is 4.59. The molecule has 0 bridgehead atoms. The van der Waals surface area contributed by atoms with Crippen LogP contribution in [0.15, 0.2) is 15.9 Å². The van der Waals surface area contributed by atoms with Gasteiger partial charge in [0.2, 0.25) is 5.91 Å². The van der Waals surface area contributed by atoms with Crippen molar-refractivity contribution in [3.8, 4) is 0 Å². The Hall–Kier alpha value is -0.350. The van der Waals surface area contributed by atoms with Crippen LogP contribution in [-0.2, 0) is 11.3 Å². The van der Waals surface area contributed by atoms with Crippen LogP contribution in [0.3, 0.4) is 0 Å². The zero-order valence-electron chi connectivity index (χ0n) is 8.34. The number of hydrogen-bond acceptors (Lipinski definition) is 2. The average molecular weight is 276 g/mol. The molecular formula is C10H14BrNOS. The van der Waals surface area contributed by atoms with Gasteiger partial charge in [-0.15, -0.1) is 11.3 Å². The molecule has 1 aromatic rings. The van der Waals surface area contributed by atoms with Gasteiger partial charge in [0.25, 0.3) is 0 Å². The van der Waals surface area contributed by atoms with Gasteiger partial charge in [-0.2, -0.15) is 0 Å². The quantitative estimate of drug-likeness (QED) is 0.899. The maximum Gasteiger partial charge on any atom is 0.220 e. The van der Waals surface area contributed by atoms with Crippen molar-refractivity contribution in [2.24, 2.45) is 5.92 Å². The largest absolute Gasteiger partial charge is 0.351 e. The fourth-order valence-electron chi connectivity index (χ4n) is 1.08. The SMILES string of the molecule is CC(C)CC(=O)NCc1ccc(Br)s1. The summed E-state index contributed by atoms with van der Waals surface area (Å²) < 4.78 is 1.10. The maximum atomic E-state index is 11.3. The molecule has 4 heteroatoms. The summed E-state index contributed by atoms with van der Waals surface area (Å²) in [5.41, 5.74) is 0. The zero-order chi connectivity index (χ0) is 10.6. The van der Waals surface area contributed by atoms with Crippen molar-refractivity contribution < 1.29 is 4.79 Å². The van der Waals surface area contributed by atoms with Crippen molar-refractivity contribution in [3.05, 3.63) is 20.8 Å². The van der Waals surface area contributed by atoms with E-state index in [1.54, 1.807) is 11.3 Å². The monoisotopic (exact) mass is 275 g/mol. The summed E-state index contributed by atoms with van der Waals surface area (Å²) in [4.78, 5) is 12.5. The summed E-state index contributed by atoms with van der Waals surface area (Å²) in [5, 5.41) is 2.89. The molecule has 0 radical (unpaired) electrons. The molecule has 0 fully saturated rings. The molecule has 1 heterocycles. The topological polar surface area (TPSA) is 29.1 Å². The third-order valence-corrected chi connectivity index (χ3v) is 3.31. The van der Waals surface area contributed by atoms with Crippen molar-refractivity contribution in [1.29, 1.82) is 0 Å². The van der Waals surface area contributed by atoms with Gasteiger partial charge in [-0.25, -0.2) is 0 Å². The molecule has 0 aliphatic heterocycles. The molecule has 14 heavy (non-hydrogen) atoms. The minimum atomic E-state index is 0.129. The Morgan fingerprint density at radius 1 is 1.57 bits per heavy atom.